The third-order valence-corrected chi connectivity index (χ3v) is 2.36. The van der Waals surface area contributed by atoms with Crippen LogP contribution in [0, 0.1) is 0 Å². The van der Waals surface area contributed by atoms with Crippen LogP contribution >= 0.6 is 0 Å². The summed E-state index contributed by atoms with van der Waals surface area (Å²) >= 11 is 0. The van der Waals surface area contributed by atoms with Crippen molar-refractivity contribution in [1.82, 2.24) is 0 Å². The highest BCUT2D eigenvalue weighted by Gasteiger charge is 2.27. The Kier molecular flexibility index (Phi) is 3.10. The van der Waals surface area contributed by atoms with Crippen molar-refractivity contribution in [3.05, 3.63) is 53.5 Å². The van der Waals surface area contributed by atoms with E-state index in [1.807, 2.05) is 30.3 Å². The van der Waals surface area contributed by atoms with E-state index in [0.717, 1.165) is 5.56 Å². The standard InChI is InChI=1S/C14H14O4/c1-14(2)17-12(15)11(13(16)18-14)9-8-10-6-4-3-5-7-10/h3-9,15H,1-2H3/p-1/b9-8+. The molecule has 0 bridgehead atoms. The Bertz CT molecular complexity index is 512. The second kappa shape index (κ2) is 4.56. The van der Waals surface area contributed by atoms with Crippen molar-refractivity contribution < 1.29 is 19.4 Å². The van der Waals surface area contributed by atoms with E-state index in [9.17, 15) is 9.90 Å². The van der Waals surface area contributed by atoms with Gasteiger partial charge in [-0.3, -0.25) is 0 Å². The maximum atomic E-state index is 11.6. The fraction of sp³-hybridized carbons (Fsp3) is 0.214. The highest BCUT2D eigenvalue weighted by molar-refractivity contribution is 5.93. The van der Waals surface area contributed by atoms with E-state index in [-0.39, 0.29) is 5.57 Å². The minimum Gasteiger partial charge on any atom is -0.575 e. The molecule has 0 saturated carbocycles. The van der Waals surface area contributed by atoms with Gasteiger partial charge in [-0.15, -0.1) is 0 Å². The summed E-state index contributed by atoms with van der Waals surface area (Å²) in [6.45, 7) is 3.03. The number of esters is 1. The van der Waals surface area contributed by atoms with Gasteiger partial charge in [0.25, 0.3) is 0 Å². The van der Waals surface area contributed by atoms with E-state index in [1.165, 1.54) is 19.9 Å². The largest absolute Gasteiger partial charge is 0.575 e. The Morgan fingerprint density at radius 2 is 1.78 bits per heavy atom. The molecule has 1 aliphatic rings. The summed E-state index contributed by atoms with van der Waals surface area (Å²) < 4.78 is 9.95. The molecule has 0 atom stereocenters. The Morgan fingerprint density at radius 1 is 1.11 bits per heavy atom. The highest BCUT2D eigenvalue weighted by atomic mass is 16.8. The Labute approximate surface area is 105 Å². The van der Waals surface area contributed by atoms with Crippen LogP contribution in [0.1, 0.15) is 19.4 Å². The number of ether oxygens (including phenoxy) is 2. The summed E-state index contributed by atoms with van der Waals surface area (Å²) in [5, 5.41) is 11.6. The highest BCUT2D eigenvalue weighted by Crippen LogP contribution is 2.24. The zero-order valence-electron chi connectivity index (χ0n) is 10.2. The van der Waals surface area contributed by atoms with E-state index < -0.39 is 17.7 Å². The molecular weight excluding hydrogens is 232 g/mol. The zero-order valence-corrected chi connectivity index (χ0v) is 10.2. The van der Waals surface area contributed by atoms with Crippen LogP contribution in [0.25, 0.3) is 6.08 Å². The van der Waals surface area contributed by atoms with Crippen LogP contribution in [-0.2, 0) is 14.3 Å². The fourth-order valence-electron chi connectivity index (χ4n) is 1.54. The van der Waals surface area contributed by atoms with Gasteiger partial charge < -0.3 is 14.6 Å². The summed E-state index contributed by atoms with van der Waals surface area (Å²) in [6.07, 6.45) is 3.07. The van der Waals surface area contributed by atoms with E-state index in [0.29, 0.717) is 0 Å². The maximum Gasteiger partial charge on any atom is 0.341 e. The minimum absolute atomic E-state index is 0.0989. The van der Waals surface area contributed by atoms with Crippen LogP contribution < -0.4 is 5.11 Å². The van der Waals surface area contributed by atoms with Gasteiger partial charge in [-0.05, 0) is 25.5 Å². The molecule has 0 spiro atoms. The summed E-state index contributed by atoms with van der Waals surface area (Å²) in [4.78, 5) is 11.6. The van der Waals surface area contributed by atoms with Crippen LogP contribution in [0.5, 0.6) is 0 Å². The van der Waals surface area contributed by atoms with Gasteiger partial charge >= 0.3 is 5.97 Å². The van der Waals surface area contributed by atoms with E-state index in [2.05, 4.69) is 0 Å². The molecule has 1 heterocycles. The minimum atomic E-state index is -1.20. The molecule has 18 heavy (non-hydrogen) atoms. The van der Waals surface area contributed by atoms with Crippen molar-refractivity contribution in [2.45, 2.75) is 19.6 Å². The quantitative estimate of drug-likeness (QED) is 0.742. The van der Waals surface area contributed by atoms with Crippen molar-refractivity contribution in [2.75, 3.05) is 0 Å². The van der Waals surface area contributed by atoms with Crippen LogP contribution in [0.3, 0.4) is 0 Å². The topological polar surface area (TPSA) is 58.6 Å². The maximum absolute atomic E-state index is 11.6. The molecule has 0 aromatic heterocycles. The van der Waals surface area contributed by atoms with Crippen LogP contribution in [0.2, 0.25) is 0 Å². The van der Waals surface area contributed by atoms with Gasteiger partial charge in [0, 0.05) is 0 Å². The first kappa shape index (κ1) is 12.2. The van der Waals surface area contributed by atoms with Gasteiger partial charge in [0.15, 0.2) is 5.79 Å². The van der Waals surface area contributed by atoms with Crippen molar-refractivity contribution in [2.24, 2.45) is 0 Å². The Hall–Kier alpha value is -2.23. The van der Waals surface area contributed by atoms with Crippen LogP contribution in [-0.4, -0.2) is 11.8 Å². The summed E-state index contributed by atoms with van der Waals surface area (Å²) in [7, 11) is 0. The van der Waals surface area contributed by atoms with Gasteiger partial charge in [-0.1, -0.05) is 36.4 Å². The van der Waals surface area contributed by atoms with Gasteiger partial charge in [-0.25, -0.2) is 4.79 Å². The van der Waals surface area contributed by atoms with Gasteiger partial charge in [0.1, 0.15) is 0 Å². The molecule has 0 fully saturated rings. The lowest BCUT2D eigenvalue weighted by molar-refractivity contribution is -0.393. The fourth-order valence-corrected chi connectivity index (χ4v) is 1.54. The predicted octanol–water partition coefficient (Wildman–Crippen LogP) is 1.58. The first-order valence-corrected chi connectivity index (χ1v) is 5.55. The molecule has 0 saturated heterocycles. The molecule has 0 N–H and O–H groups in total. The number of rotatable bonds is 2. The first-order chi connectivity index (χ1) is 8.48. The van der Waals surface area contributed by atoms with Crippen molar-refractivity contribution in [3.63, 3.8) is 0 Å². The third kappa shape index (κ3) is 2.71. The van der Waals surface area contributed by atoms with Crippen molar-refractivity contribution in [3.8, 4) is 0 Å². The van der Waals surface area contributed by atoms with Crippen molar-refractivity contribution in [1.29, 1.82) is 0 Å². The molecule has 0 amide bonds. The molecule has 0 unspecified atom stereocenters. The average molecular weight is 245 g/mol. The number of hydrogen-bond acceptors (Lipinski definition) is 4. The molecule has 1 aromatic carbocycles. The van der Waals surface area contributed by atoms with E-state index in [1.54, 1.807) is 6.08 Å². The molecule has 1 aromatic rings. The Balaban J connectivity index is 2.24. The normalized spacial score (nSPS) is 18.7. The van der Waals surface area contributed by atoms with Gasteiger partial charge in [0.2, 0.25) is 0 Å². The second-order valence-corrected chi connectivity index (χ2v) is 4.34. The lowest BCUT2D eigenvalue weighted by Crippen LogP contribution is -2.39. The molecule has 94 valence electrons. The first-order valence-electron chi connectivity index (χ1n) is 5.55. The van der Waals surface area contributed by atoms with Crippen molar-refractivity contribution >= 4 is 12.0 Å². The number of carbonyl (C=O) groups is 1. The summed E-state index contributed by atoms with van der Waals surface area (Å²) in [5.74, 6) is -2.52. The van der Waals surface area contributed by atoms with E-state index in [4.69, 9.17) is 9.47 Å². The van der Waals surface area contributed by atoms with Crippen LogP contribution in [0.15, 0.2) is 47.9 Å². The molecule has 0 radical (unpaired) electrons. The van der Waals surface area contributed by atoms with Gasteiger partial charge in [0.05, 0.1) is 11.5 Å². The Morgan fingerprint density at radius 3 is 2.39 bits per heavy atom. The smallest absolute Gasteiger partial charge is 0.341 e. The SMILES string of the molecule is CC1(C)OC(=O)C(/C=C/c2ccccc2)=C([O-])O1. The lowest BCUT2D eigenvalue weighted by Gasteiger charge is -2.38. The number of carbonyl (C=O) groups excluding carboxylic acids is 1. The van der Waals surface area contributed by atoms with Crippen LogP contribution in [0.4, 0.5) is 0 Å². The van der Waals surface area contributed by atoms with E-state index >= 15 is 0 Å². The lowest BCUT2D eigenvalue weighted by atomic mass is 10.1. The third-order valence-electron chi connectivity index (χ3n) is 2.36. The van der Waals surface area contributed by atoms with Gasteiger partial charge in [-0.2, -0.15) is 0 Å². The molecule has 0 aliphatic carbocycles. The molecule has 2 rings (SSSR count). The number of cyclic esters (lactones) is 1. The average Bonchev–Trinajstić information content (AvgIpc) is 2.27. The monoisotopic (exact) mass is 245 g/mol. The second-order valence-electron chi connectivity index (χ2n) is 4.34. The summed E-state index contributed by atoms with van der Waals surface area (Å²) in [6, 6.07) is 9.34. The molecular formula is C14H13O4-. The number of benzene rings is 1. The molecule has 4 nitrogen and oxygen atoms in total. The predicted molar refractivity (Wildman–Crippen MR) is 63.8 cm³/mol. The number of hydrogen-bond donors (Lipinski definition) is 0. The molecule has 4 heteroatoms. The zero-order chi connectivity index (χ0) is 13.2. The molecule has 1 aliphatic heterocycles. The summed E-state index contributed by atoms with van der Waals surface area (Å²) in [5.41, 5.74) is 0.786.